The Labute approximate surface area is 181 Å². The van der Waals surface area contributed by atoms with Gasteiger partial charge in [-0.1, -0.05) is 27.2 Å². The van der Waals surface area contributed by atoms with E-state index in [2.05, 4.69) is 26.1 Å². The summed E-state index contributed by atoms with van der Waals surface area (Å²) < 4.78 is 5.67. The quantitative estimate of drug-likeness (QED) is 0.688. The average Bonchev–Trinajstić information content (AvgIpc) is 3.10. The number of amides is 2. The van der Waals surface area contributed by atoms with Gasteiger partial charge in [0.2, 0.25) is 11.8 Å². The number of hydrogen-bond acceptors (Lipinski definition) is 3. The van der Waals surface area contributed by atoms with Crippen molar-refractivity contribution in [3.63, 3.8) is 0 Å². The molecule has 5 nitrogen and oxygen atoms in total. The number of nitrogens with zero attached hydrogens (tertiary/aromatic N) is 1. The highest BCUT2D eigenvalue weighted by molar-refractivity contribution is 6.00. The summed E-state index contributed by atoms with van der Waals surface area (Å²) >= 11 is 0. The lowest BCUT2D eigenvalue weighted by atomic mass is 9.69. The molecule has 166 valence electrons. The number of anilines is 1. The van der Waals surface area contributed by atoms with Crippen LogP contribution < -0.4 is 15.0 Å². The Hall–Kier alpha value is -2.04. The molecule has 1 aromatic carbocycles. The average molecular weight is 415 g/mol. The first-order valence-corrected chi connectivity index (χ1v) is 11.6. The number of rotatable bonds is 7. The molecule has 1 N–H and O–H groups in total. The Morgan fingerprint density at radius 3 is 2.37 bits per heavy atom. The summed E-state index contributed by atoms with van der Waals surface area (Å²) in [5.41, 5.74) is 1.21. The highest BCUT2D eigenvalue weighted by Crippen LogP contribution is 2.40. The van der Waals surface area contributed by atoms with Crippen molar-refractivity contribution in [3.8, 4) is 5.75 Å². The van der Waals surface area contributed by atoms with Crippen molar-refractivity contribution in [1.82, 2.24) is 5.32 Å². The maximum Gasteiger partial charge on any atom is 0.227 e. The smallest absolute Gasteiger partial charge is 0.227 e. The molecule has 1 atom stereocenters. The zero-order valence-corrected chi connectivity index (χ0v) is 19.2. The summed E-state index contributed by atoms with van der Waals surface area (Å²) in [7, 11) is 0. The molecule has 1 aliphatic heterocycles. The van der Waals surface area contributed by atoms with E-state index in [1.54, 1.807) is 4.90 Å². The second-order valence-electron chi connectivity index (χ2n) is 9.97. The molecule has 30 heavy (non-hydrogen) atoms. The third kappa shape index (κ3) is 5.35. The fraction of sp³-hybridized carbons (Fsp3) is 0.680. The SMILES string of the molecule is CCC(C)(C)C1CCC(NC(=O)[C@H]2CC(=O)N(c3ccc(OC(C)C)cc3)C2)CC1. The highest BCUT2D eigenvalue weighted by atomic mass is 16.5. The first-order chi connectivity index (χ1) is 14.2. The number of carbonyl (C=O) groups excluding carboxylic acids is 2. The van der Waals surface area contributed by atoms with Gasteiger partial charge in [-0.25, -0.2) is 0 Å². The normalized spacial score (nSPS) is 24.9. The minimum absolute atomic E-state index is 0.0149. The number of nitrogens with one attached hydrogen (secondary N) is 1. The standard InChI is InChI=1S/C25H38N2O3/c1-6-25(4,5)19-7-9-20(10-8-19)26-24(29)18-15-23(28)27(16-18)21-11-13-22(14-12-21)30-17(2)3/h11-14,17-20H,6-10,15-16H2,1-5H3,(H,26,29)/t18-,19?,20?/m0/s1. The lowest BCUT2D eigenvalue weighted by Gasteiger charge is -2.39. The van der Waals surface area contributed by atoms with E-state index in [1.165, 1.54) is 19.3 Å². The zero-order chi connectivity index (χ0) is 21.9. The van der Waals surface area contributed by atoms with E-state index in [4.69, 9.17) is 4.74 Å². The van der Waals surface area contributed by atoms with E-state index in [0.717, 1.165) is 30.2 Å². The topological polar surface area (TPSA) is 58.6 Å². The van der Waals surface area contributed by atoms with Crippen LogP contribution in [0.25, 0.3) is 0 Å². The summed E-state index contributed by atoms with van der Waals surface area (Å²) in [6.07, 6.45) is 6.02. The predicted octanol–water partition coefficient (Wildman–Crippen LogP) is 4.94. The maximum absolute atomic E-state index is 12.8. The van der Waals surface area contributed by atoms with Crippen LogP contribution in [0.3, 0.4) is 0 Å². The molecular formula is C25H38N2O3. The molecule has 1 aliphatic carbocycles. The van der Waals surface area contributed by atoms with Crippen LogP contribution in [0.1, 0.15) is 73.1 Å². The van der Waals surface area contributed by atoms with Crippen molar-refractivity contribution < 1.29 is 14.3 Å². The monoisotopic (exact) mass is 414 g/mol. The third-order valence-corrected chi connectivity index (χ3v) is 7.11. The van der Waals surface area contributed by atoms with Crippen LogP contribution in [0.5, 0.6) is 5.75 Å². The molecule has 1 heterocycles. The Kier molecular flexibility index (Phi) is 7.10. The molecule has 0 bridgehead atoms. The van der Waals surface area contributed by atoms with Gasteiger partial charge in [0.25, 0.3) is 0 Å². The number of benzene rings is 1. The summed E-state index contributed by atoms with van der Waals surface area (Å²) in [6.45, 7) is 11.4. The lowest BCUT2D eigenvalue weighted by Crippen LogP contribution is -2.43. The predicted molar refractivity (Wildman–Crippen MR) is 121 cm³/mol. The van der Waals surface area contributed by atoms with Crippen molar-refractivity contribution >= 4 is 17.5 Å². The molecule has 2 aliphatic rings. The maximum atomic E-state index is 12.8. The summed E-state index contributed by atoms with van der Waals surface area (Å²) in [6, 6.07) is 7.80. The second-order valence-corrected chi connectivity index (χ2v) is 9.97. The largest absolute Gasteiger partial charge is 0.491 e. The Bertz CT molecular complexity index is 733. The number of hydrogen-bond donors (Lipinski definition) is 1. The molecule has 0 unspecified atom stereocenters. The van der Waals surface area contributed by atoms with Gasteiger partial charge in [-0.15, -0.1) is 0 Å². The van der Waals surface area contributed by atoms with Crippen LogP contribution in [-0.2, 0) is 9.59 Å². The van der Waals surface area contributed by atoms with Gasteiger partial charge in [-0.3, -0.25) is 9.59 Å². The summed E-state index contributed by atoms with van der Waals surface area (Å²) in [5.74, 6) is 1.30. The molecule has 2 amide bonds. The van der Waals surface area contributed by atoms with Crippen molar-refractivity contribution in [2.75, 3.05) is 11.4 Å². The first-order valence-electron chi connectivity index (χ1n) is 11.6. The van der Waals surface area contributed by atoms with Gasteiger partial charge in [0.15, 0.2) is 0 Å². The van der Waals surface area contributed by atoms with Gasteiger partial charge in [0, 0.05) is 24.7 Å². The molecular weight excluding hydrogens is 376 g/mol. The van der Waals surface area contributed by atoms with Gasteiger partial charge in [0.1, 0.15) is 5.75 Å². The van der Waals surface area contributed by atoms with Gasteiger partial charge >= 0.3 is 0 Å². The van der Waals surface area contributed by atoms with Crippen molar-refractivity contribution in [1.29, 1.82) is 0 Å². The van der Waals surface area contributed by atoms with Crippen LogP contribution >= 0.6 is 0 Å². The van der Waals surface area contributed by atoms with Crippen molar-refractivity contribution in [2.45, 2.75) is 85.3 Å². The van der Waals surface area contributed by atoms with Crippen LogP contribution in [0, 0.1) is 17.3 Å². The molecule has 3 rings (SSSR count). The Morgan fingerprint density at radius 1 is 1.17 bits per heavy atom. The van der Waals surface area contributed by atoms with E-state index < -0.39 is 0 Å². The molecule has 1 aromatic rings. The minimum Gasteiger partial charge on any atom is -0.491 e. The molecule has 0 spiro atoms. The van der Waals surface area contributed by atoms with E-state index >= 15 is 0 Å². The Morgan fingerprint density at radius 2 is 1.80 bits per heavy atom. The molecule has 1 saturated carbocycles. The van der Waals surface area contributed by atoms with Crippen molar-refractivity contribution in [2.24, 2.45) is 17.3 Å². The van der Waals surface area contributed by atoms with E-state index in [9.17, 15) is 9.59 Å². The molecule has 0 aromatic heterocycles. The van der Waals surface area contributed by atoms with Crippen LogP contribution in [-0.4, -0.2) is 30.5 Å². The molecule has 1 saturated heterocycles. The first kappa shape index (κ1) is 22.6. The molecule has 0 radical (unpaired) electrons. The number of ether oxygens (including phenoxy) is 1. The molecule has 5 heteroatoms. The molecule has 2 fully saturated rings. The van der Waals surface area contributed by atoms with E-state index in [1.807, 2.05) is 38.1 Å². The fourth-order valence-electron chi connectivity index (χ4n) is 4.74. The Balaban J connectivity index is 1.52. The van der Waals surface area contributed by atoms with Gasteiger partial charge < -0.3 is 15.0 Å². The summed E-state index contributed by atoms with van der Waals surface area (Å²) in [5, 5.41) is 3.24. The third-order valence-electron chi connectivity index (χ3n) is 7.11. The van der Waals surface area contributed by atoms with Gasteiger partial charge in [0.05, 0.1) is 12.0 Å². The number of carbonyl (C=O) groups is 2. The van der Waals surface area contributed by atoms with Crippen LogP contribution in [0.15, 0.2) is 24.3 Å². The zero-order valence-electron chi connectivity index (χ0n) is 19.2. The highest BCUT2D eigenvalue weighted by Gasteiger charge is 2.37. The fourth-order valence-corrected chi connectivity index (χ4v) is 4.74. The lowest BCUT2D eigenvalue weighted by molar-refractivity contribution is -0.127. The minimum atomic E-state index is -0.270. The van der Waals surface area contributed by atoms with Crippen molar-refractivity contribution in [3.05, 3.63) is 24.3 Å². The van der Waals surface area contributed by atoms with Gasteiger partial charge in [-0.05, 0) is 75.1 Å². The second kappa shape index (κ2) is 9.40. The van der Waals surface area contributed by atoms with Gasteiger partial charge in [-0.2, -0.15) is 0 Å². The summed E-state index contributed by atoms with van der Waals surface area (Å²) in [4.78, 5) is 27.1. The van der Waals surface area contributed by atoms with E-state index in [0.29, 0.717) is 12.0 Å². The van der Waals surface area contributed by atoms with Crippen LogP contribution in [0.2, 0.25) is 0 Å². The van der Waals surface area contributed by atoms with Crippen LogP contribution in [0.4, 0.5) is 5.69 Å². The van der Waals surface area contributed by atoms with E-state index in [-0.39, 0.29) is 36.3 Å².